The van der Waals surface area contributed by atoms with E-state index in [0.717, 1.165) is 25.0 Å². The molecule has 1 saturated heterocycles. The minimum atomic E-state index is -3.11. The van der Waals surface area contributed by atoms with Crippen LogP contribution < -0.4 is 5.32 Å². The van der Waals surface area contributed by atoms with Crippen molar-refractivity contribution in [1.82, 2.24) is 20.0 Å². The topological polar surface area (TPSA) is 84.3 Å². The molecule has 2 atom stereocenters. The Bertz CT molecular complexity index is 641. The number of rotatable bonds is 5. The van der Waals surface area contributed by atoms with Gasteiger partial charge >= 0.3 is 6.03 Å². The number of piperidine rings is 1. The number of sulfone groups is 1. The molecule has 2 rings (SSSR count). The summed E-state index contributed by atoms with van der Waals surface area (Å²) in [6.07, 6.45) is 4.66. The van der Waals surface area contributed by atoms with E-state index in [-0.39, 0.29) is 23.6 Å². The zero-order valence-electron chi connectivity index (χ0n) is 14.0. The Kier molecular flexibility index (Phi) is 5.67. The van der Waals surface area contributed by atoms with Gasteiger partial charge in [0.2, 0.25) is 0 Å². The van der Waals surface area contributed by atoms with Crippen molar-refractivity contribution in [2.45, 2.75) is 45.2 Å². The molecular weight excluding hydrogens is 316 g/mol. The summed E-state index contributed by atoms with van der Waals surface area (Å²) in [5.74, 6) is 0.0635. The van der Waals surface area contributed by atoms with E-state index in [1.54, 1.807) is 29.6 Å². The van der Waals surface area contributed by atoms with Crippen LogP contribution in [-0.2, 0) is 16.9 Å². The van der Waals surface area contributed by atoms with Crippen LogP contribution in [-0.4, -0.2) is 53.2 Å². The minimum Gasteiger partial charge on any atom is -0.334 e. The number of carbonyl (C=O) groups is 1. The van der Waals surface area contributed by atoms with Crippen molar-refractivity contribution < 1.29 is 13.2 Å². The van der Waals surface area contributed by atoms with Crippen molar-refractivity contribution in [2.24, 2.45) is 7.05 Å². The largest absolute Gasteiger partial charge is 0.334 e. The average molecular weight is 342 g/mol. The van der Waals surface area contributed by atoms with Gasteiger partial charge in [-0.3, -0.25) is 4.68 Å². The summed E-state index contributed by atoms with van der Waals surface area (Å²) in [6, 6.07) is 1.32. The number of hydrogen-bond donors (Lipinski definition) is 1. The zero-order valence-corrected chi connectivity index (χ0v) is 14.8. The lowest BCUT2D eigenvalue weighted by Gasteiger charge is -2.36. The summed E-state index contributed by atoms with van der Waals surface area (Å²) in [5.41, 5.74) is 1.01. The van der Waals surface area contributed by atoms with Crippen LogP contribution in [0.4, 0.5) is 4.79 Å². The molecule has 130 valence electrons. The summed E-state index contributed by atoms with van der Waals surface area (Å²) in [7, 11) is -1.23. The van der Waals surface area contributed by atoms with Gasteiger partial charge < -0.3 is 10.2 Å². The van der Waals surface area contributed by atoms with E-state index in [1.165, 1.54) is 0 Å². The number of nitrogens with zero attached hydrogens (tertiary/aromatic N) is 3. The second-order valence-electron chi connectivity index (χ2n) is 6.13. The van der Waals surface area contributed by atoms with Gasteiger partial charge in [0.05, 0.1) is 17.5 Å². The fourth-order valence-corrected chi connectivity index (χ4v) is 4.11. The third-order valence-electron chi connectivity index (χ3n) is 4.28. The van der Waals surface area contributed by atoms with Crippen molar-refractivity contribution in [3.05, 3.63) is 18.0 Å². The maximum Gasteiger partial charge on any atom is 0.318 e. The van der Waals surface area contributed by atoms with Crippen LogP contribution in [0, 0.1) is 0 Å². The van der Waals surface area contributed by atoms with E-state index in [9.17, 15) is 13.2 Å². The number of aromatic nitrogens is 2. The lowest BCUT2D eigenvalue weighted by molar-refractivity contribution is 0.146. The van der Waals surface area contributed by atoms with Crippen molar-refractivity contribution in [1.29, 1.82) is 0 Å². The molecule has 2 heterocycles. The van der Waals surface area contributed by atoms with Gasteiger partial charge in [-0.2, -0.15) is 5.10 Å². The maximum atomic E-state index is 12.6. The second-order valence-corrected chi connectivity index (χ2v) is 8.53. The van der Waals surface area contributed by atoms with Crippen molar-refractivity contribution >= 4 is 15.9 Å². The number of amides is 2. The highest BCUT2D eigenvalue weighted by molar-refractivity contribution is 7.91. The van der Waals surface area contributed by atoms with Gasteiger partial charge in [0.15, 0.2) is 9.84 Å². The van der Waals surface area contributed by atoms with E-state index >= 15 is 0 Å². The van der Waals surface area contributed by atoms with E-state index in [4.69, 9.17) is 0 Å². The van der Waals surface area contributed by atoms with Gasteiger partial charge in [-0.15, -0.1) is 0 Å². The van der Waals surface area contributed by atoms with Crippen LogP contribution in [0.15, 0.2) is 12.3 Å². The first-order valence-corrected chi connectivity index (χ1v) is 9.91. The molecule has 2 amide bonds. The maximum absolute atomic E-state index is 12.6. The second kappa shape index (κ2) is 7.33. The standard InChI is InChI=1S/C15H26N4O3S/c1-4-23(21,22)11-12(2)17-15(20)19-10-6-5-7-14(19)13-8-9-16-18(13)3/h8-9,12,14H,4-7,10-11H2,1-3H3,(H,17,20)/t12-,14+/m0/s1. The molecule has 0 bridgehead atoms. The Labute approximate surface area is 138 Å². The molecule has 1 aromatic heterocycles. The van der Waals surface area contributed by atoms with Crippen LogP contribution >= 0.6 is 0 Å². The molecule has 0 aromatic carbocycles. The summed E-state index contributed by atoms with van der Waals surface area (Å²) < 4.78 is 25.2. The molecule has 0 spiro atoms. The molecule has 1 fully saturated rings. The minimum absolute atomic E-state index is 0.00812. The van der Waals surface area contributed by atoms with Gasteiger partial charge in [-0.05, 0) is 32.3 Å². The van der Waals surface area contributed by atoms with E-state index in [2.05, 4.69) is 10.4 Å². The monoisotopic (exact) mass is 342 g/mol. The Morgan fingerprint density at radius 2 is 2.22 bits per heavy atom. The first kappa shape index (κ1) is 17.8. The van der Waals surface area contributed by atoms with Crippen molar-refractivity contribution in [3.63, 3.8) is 0 Å². The summed E-state index contributed by atoms with van der Waals surface area (Å²) >= 11 is 0. The zero-order chi connectivity index (χ0) is 17.0. The van der Waals surface area contributed by atoms with Crippen LogP contribution in [0.1, 0.15) is 44.8 Å². The molecule has 7 nitrogen and oxygen atoms in total. The van der Waals surface area contributed by atoms with Gasteiger partial charge in [-0.1, -0.05) is 6.92 Å². The Hall–Kier alpha value is -1.57. The van der Waals surface area contributed by atoms with Gasteiger partial charge in [-0.25, -0.2) is 13.2 Å². The molecule has 0 aliphatic carbocycles. The van der Waals surface area contributed by atoms with E-state index in [0.29, 0.717) is 6.54 Å². The first-order valence-electron chi connectivity index (χ1n) is 8.09. The van der Waals surface area contributed by atoms with Crippen LogP contribution in [0.5, 0.6) is 0 Å². The highest BCUT2D eigenvalue weighted by Gasteiger charge is 2.30. The van der Waals surface area contributed by atoms with Crippen molar-refractivity contribution in [3.8, 4) is 0 Å². The molecule has 0 unspecified atom stereocenters. The van der Waals surface area contributed by atoms with Crippen molar-refractivity contribution in [2.75, 3.05) is 18.1 Å². The predicted octanol–water partition coefficient (Wildman–Crippen LogP) is 1.48. The SMILES string of the molecule is CCS(=O)(=O)C[C@H](C)NC(=O)N1CCCC[C@@H]1c1ccnn1C. The Morgan fingerprint density at radius 3 is 2.83 bits per heavy atom. The summed E-state index contributed by atoms with van der Waals surface area (Å²) in [4.78, 5) is 14.4. The quantitative estimate of drug-likeness (QED) is 0.878. The average Bonchev–Trinajstić information content (AvgIpc) is 2.92. The van der Waals surface area contributed by atoms with Gasteiger partial charge in [0.1, 0.15) is 0 Å². The fourth-order valence-electron chi connectivity index (χ4n) is 3.03. The number of carbonyl (C=O) groups excluding carboxylic acids is 1. The molecule has 23 heavy (non-hydrogen) atoms. The number of aryl methyl sites for hydroxylation is 1. The lowest BCUT2D eigenvalue weighted by Crippen LogP contribution is -2.49. The first-order chi connectivity index (χ1) is 10.8. The molecule has 0 radical (unpaired) electrons. The third-order valence-corrected chi connectivity index (χ3v) is 6.17. The number of urea groups is 1. The van der Waals surface area contributed by atoms with Crippen LogP contribution in [0.25, 0.3) is 0 Å². The van der Waals surface area contributed by atoms with Gasteiger partial charge in [0.25, 0.3) is 0 Å². The third kappa shape index (κ3) is 4.46. The number of likely N-dealkylation sites (tertiary alicyclic amines) is 1. The number of hydrogen-bond acceptors (Lipinski definition) is 4. The van der Waals surface area contributed by atoms with Crippen LogP contribution in [0.2, 0.25) is 0 Å². The molecule has 0 saturated carbocycles. The van der Waals surface area contributed by atoms with Crippen LogP contribution in [0.3, 0.4) is 0 Å². The Morgan fingerprint density at radius 1 is 1.48 bits per heavy atom. The molecule has 1 aromatic rings. The van der Waals surface area contributed by atoms with E-state index < -0.39 is 15.9 Å². The molecular formula is C15H26N4O3S. The molecule has 8 heteroatoms. The lowest BCUT2D eigenvalue weighted by atomic mass is 9.99. The molecule has 1 aliphatic heterocycles. The predicted molar refractivity (Wildman–Crippen MR) is 88.8 cm³/mol. The molecule has 1 N–H and O–H groups in total. The molecule has 1 aliphatic rings. The summed E-state index contributed by atoms with van der Waals surface area (Å²) in [5, 5.41) is 7.01. The fraction of sp³-hybridized carbons (Fsp3) is 0.733. The smallest absolute Gasteiger partial charge is 0.318 e. The highest BCUT2D eigenvalue weighted by atomic mass is 32.2. The summed E-state index contributed by atoms with van der Waals surface area (Å²) in [6.45, 7) is 4.02. The van der Waals surface area contributed by atoms with E-state index in [1.807, 2.05) is 13.1 Å². The Balaban J connectivity index is 2.05. The highest BCUT2D eigenvalue weighted by Crippen LogP contribution is 2.30. The number of nitrogens with one attached hydrogen (secondary N) is 1. The normalized spacial score (nSPS) is 20.3. The van der Waals surface area contributed by atoms with Gasteiger partial charge in [0, 0.05) is 31.6 Å².